The molecule has 0 radical (unpaired) electrons. The number of hydrogen-bond donors (Lipinski definition) is 1. The average molecular weight is 315 g/mol. The van der Waals surface area contributed by atoms with Crippen LogP contribution in [0.2, 0.25) is 5.02 Å². The molecule has 1 heterocycles. The van der Waals surface area contributed by atoms with Gasteiger partial charge in [0.25, 0.3) is 0 Å². The Morgan fingerprint density at radius 3 is 2.63 bits per heavy atom. The third-order valence-electron chi connectivity index (χ3n) is 3.09. The van der Waals surface area contributed by atoms with Gasteiger partial charge in [-0.25, -0.2) is 0 Å². The van der Waals surface area contributed by atoms with Gasteiger partial charge in [0.1, 0.15) is 0 Å². The lowest BCUT2D eigenvalue weighted by Crippen LogP contribution is -2.50. The highest BCUT2D eigenvalue weighted by atomic mass is 35.5. The first-order valence-electron chi connectivity index (χ1n) is 5.73. The van der Waals surface area contributed by atoms with E-state index in [-0.39, 0.29) is 23.5 Å². The fraction of sp³-hybridized carbons (Fsp3) is 0.500. The molecule has 1 saturated heterocycles. The van der Waals surface area contributed by atoms with Gasteiger partial charge >= 0.3 is 6.18 Å². The second-order valence-electron chi connectivity index (χ2n) is 4.41. The molecule has 2 nitrogen and oxygen atoms in total. The van der Waals surface area contributed by atoms with Crippen LogP contribution in [0.15, 0.2) is 18.2 Å². The Morgan fingerprint density at radius 1 is 1.37 bits per heavy atom. The second-order valence-corrected chi connectivity index (χ2v) is 4.82. The van der Waals surface area contributed by atoms with Gasteiger partial charge in [0.15, 0.2) is 0 Å². The quantitative estimate of drug-likeness (QED) is 0.852. The topological polar surface area (TPSA) is 15.3 Å². The van der Waals surface area contributed by atoms with Crippen molar-refractivity contribution in [3.05, 3.63) is 28.8 Å². The van der Waals surface area contributed by atoms with Crippen molar-refractivity contribution in [1.29, 1.82) is 0 Å². The molecule has 1 aliphatic heterocycles. The van der Waals surface area contributed by atoms with Crippen LogP contribution in [0.3, 0.4) is 0 Å². The Morgan fingerprint density at radius 2 is 2.05 bits per heavy atom. The number of alkyl halides is 3. The van der Waals surface area contributed by atoms with E-state index in [9.17, 15) is 13.2 Å². The van der Waals surface area contributed by atoms with Gasteiger partial charge in [-0.3, -0.25) is 0 Å². The molecule has 7 heteroatoms. The number of rotatable bonds is 1. The van der Waals surface area contributed by atoms with Crippen molar-refractivity contribution < 1.29 is 13.2 Å². The van der Waals surface area contributed by atoms with E-state index in [1.807, 2.05) is 11.8 Å². The predicted octanol–water partition coefficient (Wildman–Crippen LogP) is 3.58. The van der Waals surface area contributed by atoms with Crippen LogP contribution in [0, 0.1) is 0 Å². The van der Waals surface area contributed by atoms with Gasteiger partial charge < -0.3 is 10.2 Å². The van der Waals surface area contributed by atoms with Crippen LogP contribution in [0.5, 0.6) is 0 Å². The van der Waals surface area contributed by atoms with Crippen molar-refractivity contribution in [2.75, 3.05) is 24.5 Å². The summed E-state index contributed by atoms with van der Waals surface area (Å²) in [7, 11) is 0. The van der Waals surface area contributed by atoms with Crippen molar-refractivity contribution in [3.8, 4) is 0 Å². The van der Waals surface area contributed by atoms with Crippen molar-refractivity contribution >= 4 is 29.7 Å². The third-order valence-corrected chi connectivity index (χ3v) is 3.42. The Bertz CT molecular complexity index is 437. The molecule has 0 aromatic heterocycles. The zero-order chi connectivity index (χ0) is 13.3. The van der Waals surface area contributed by atoms with Crippen LogP contribution in [0.1, 0.15) is 12.5 Å². The molecule has 2 rings (SSSR count). The Labute approximate surface area is 121 Å². The predicted molar refractivity (Wildman–Crippen MR) is 73.4 cm³/mol. The van der Waals surface area contributed by atoms with E-state index in [1.54, 1.807) is 6.07 Å². The fourth-order valence-electron chi connectivity index (χ4n) is 2.13. The lowest BCUT2D eigenvalue weighted by atomic mass is 10.1. The number of hydrogen-bond acceptors (Lipinski definition) is 2. The smallest absolute Gasteiger partial charge is 0.366 e. The largest absolute Gasteiger partial charge is 0.417 e. The number of anilines is 1. The molecular formula is C12H15Cl2F3N2. The van der Waals surface area contributed by atoms with E-state index in [1.165, 1.54) is 6.07 Å². The summed E-state index contributed by atoms with van der Waals surface area (Å²) in [6, 6.07) is 4.25. The first-order chi connectivity index (χ1) is 8.39. The summed E-state index contributed by atoms with van der Waals surface area (Å²) in [4.78, 5) is 1.96. The second kappa shape index (κ2) is 6.20. The zero-order valence-electron chi connectivity index (χ0n) is 10.3. The molecule has 19 heavy (non-hydrogen) atoms. The molecule has 1 aromatic carbocycles. The van der Waals surface area contributed by atoms with Crippen molar-refractivity contribution in [2.45, 2.75) is 19.1 Å². The molecule has 0 amide bonds. The van der Waals surface area contributed by atoms with Crippen LogP contribution in [-0.4, -0.2) is 25.7 Å². The highest BCUT2D eigenvalue weighted by molar-refractivity contribution is 6.31. The number of nitrogens with zero attached hydrogens (tertiary/aromatic N) is 1. The number of piperazine rings is 1. The molecule has 1 aromatic rings. The van der Waals surface area contributed by atoms with Gasteiger partial charge in [-0.1, -0.05) is 11.6 Å². The van der Waals surface area contributed by atoms with Crippen LogP contribution in [-0.2, 0) is 6.18 Å². The Hall–Kier alpha value is -0.650. The molecule has 1 atom stereocenters. The zero-order valence-corrected chi connectivity index (χ0v) is 11.9. The maximum absolute atomic E-state index is 12.8. The van der Waals surface area contributed by atoms with Crippen LogP contribution in [0.4, 0.5) is 18.9 Å². The monoisotopic (exact) mass is 314 g/mol. The molecule has 0 spiro atoms. The van der Waals surface area contributed by atoms with Gasteiger partial charge in [0.05, 0.1) is 10.6 Å². The normalized spacial score (nSPS) is 20.1. The molecule has 1 aliphatic rings. The molecule has 108 valence electrons. The summed E-state index contributed by atoms with van der Waals surface area (Å²) in [5.41, 5.74) is -0.201. The van der Waals surface area contributed by atoms with E-state index in [2.05, 4.69) is 5.32 Å². The van der Waals surface area contributed by atoms with E-state index >= 15 is 0 Å². The van der Waals surface area contributed by atoms with E-state index in [4.69, 9.17) is 11.6 Å². The van der Waals surface area contributed by atoms with Crippen molar-refractivity contribution in [2.24, 2.45) is 0 Å². The van der Waals surface area contributed by atoms with Gasteiger partial charge in [0, 0.05) is 31.4 Å². The van der Waals surface area contributed by atoms with Gasteiger partial charge in [0.2, 0.25) is 0 Å². The summed E-state index contributed by atoms with van der Waals surface area (Å²) in [5, 5.41) is 2.95. The standard InChI is InChI=1S/C12H14ClF3N2.ClH/c1-8-7-17-4-5-18(8)9-2-3-11(13)10(6-9)12(14,15)16;/h2-3,6,8,17H,4-5,7H2,1H3;1H/t8-;/m0./s1. The summed E-state index contributed by atoms with van der Waals surface area (Å²) in [6.45, 7) is 4.21. The van der Waals surface area contributed by atoms with Gasteiger partial charge in [-0.05, 0) is 25.1 Å². The number of nitrogens with one attached hydrogen (secondary N) is 1. The highest BCUT2D eigenvalue weighted by Crippen LogP contribution is 2.37. The van der Waals surface area contributed by atoms with E-state index < -0.39 is 11.7 Å². The molecule has 0 unspecified atom stereocenters. The lowest BCUT2D eigenvalue weighted by Gasteiger charge is -2.36. The van der Waals surface area contributed by atoms with E-state index in [0.717, 1.165) is 19.2 Å². The van der Waals surface area contributed by atoms with Gasteiger partial charge in [-0.15, -0.1) is 12.4 Å². The van der Waals surface area contributed by atoms with Crippen LogP contribution < -0.4 is 10.2 Å². The first-order valence-corrected chi connectivity index (χ1v) is 6.11. The third kappa shape index (κ3) is 3.68. The van der Waals surface area contributed by atoms with Crippen LogP contribution in [0.25, 0.3) is 0 Å². The summed E-state index contributed by atoms with van der Waals surface area (Å²) < 4.78 is 38.3. The molecular weight excluding hydrogens is 300 g/mol. The van der Waals surface area contributed by atoms with Crippen molar-refractivity contribution in [3.63, 3.8) is 0 Å². The minimum atomic E-state index is -4.41. The molecule has 1 N–H and O–H groups in total. The Kier molecular flexibility index (Phi) is 5.35. The first kappa shape index (κ1) is 16.4. The van der Waals surface area contributed by atoms with Gasteiger partial charge in [-0.2, -0.15) is 13.2 Å². The fourth-order valence-corrected chi connectivity index (χ4v) is 2.36. The maximum atomic E-state index is 12.8. The maximum Gasteiger partial charge on any atom is 0.417 e. The molecule has 0 aliphatic carbocycles. The minimum absolute atomic E-state index is 0. The average Bonchev–Trinajstić information content (AvgIpc) is 2.29. The molecule has 0 saturated carbocycles. The van der Waals surface area contributed by atoms with Crippen molar-refractivity contribution in [1.82, 2.24) is 5.32 Å². The van der Waals surface area contributed by atoms with E-state index in [0.29, 0.717) is 12.2 Å². The molecule has 1 fully saturated rings. The summed E-state index contributed by atoms with van der Waals surface area (Å²) in [5.74, 6) is 0. The SMILES string of the molecule is C[C@H]1CNCCN1c1ccc(Cl)c(C(F)(F)F)c1.Cl. The number of benzene rings is 1. The summed E-state index contributed by atoms with van der Waals surface area (Å²) >= 11 is 5.61. The van der Waals surface area contributed by atoms with Crippen LogP contribution >= 0.6 is 24.0 Å². The highest BCUT2D eigenvalue weighted by Gasteiger charge is 2.34. The summed E-state index contributed by atoms with van der Waals surface area (Å²) in [6.07, 6.45) is -4.41. The lowest BCUT2D eigenvalue weighted by molar-refractivity contribution is -0.137. The number of halogens is 5. The molecule has 0 bridgehead atoms. The minimum Gasteiger partial charge on any atom is -0.366 e. The Balaban J connectivity index is 0.00000180.